The van der Waals surface area contributed by atoms with Gasteiger partial charge in [0.15, 0.2) is 0 Å². The lowest BCUT2D eigenvalue weighted by molar-refractivity contribution is 1.31. The van der Waals surface area contributed by atoms with Crippen LogP contribution in [0.4, 0.5) is 5.69 Å². The van der Waals surface area contributed by atoms with Gasteiger partial charge in [-0.1, -0.05) is 13.8 Å². The molecule has 0 amide bonds. The zero-order chi connectivity index (χ0) is 7.98. The molecule has 10 heavy (non-hydrogen) atoms. The first kappa shape index (κ1) is 9.43. The van der Waals surface area contributed by atoms with Crippen LogP contribution in [-0.4, -0.2) is 4.98 Å². The highest BCUT2D eigenvalue weighted by Crippen LogP contribution is 2.09. The third kappa shape index (κ3) is 3.45. The van der Waals surface area contributed by atoms with Gasteiger partial charge in [0.05, 0.1) is 5.69 Å². The fraction of sp³-hybridized carbons (Fsp3) is 0.286. The molecule has 0 spiro atoms. The van der Waals surface area contributed by atoms with Crippen LogP contribution in [0.3, 0.4) is 0 Å². The summed E-state index contributed by atoms with van der Waals surface area (Å²) in [7, 11) is 0. The normalized spacial score (nSPS) is 7.90. The molecular formula is C7H11BrN2. The van der Waals surface area contributed by atoms with Crippen molar-refractivity contribution in [1.82, 2.24) is 4.98 Å². The van der Waals surface area contributed by atoms with Crippen molar-refractivity contribution in [2.75, 3.05) is 5.73 Å². The Labute approximate surface area is 69.6 Å². The molecule has 0 fully saturated rings. The van der Waals surface area contributed by atoms with Crippen molar-refractivity contribution < 1.29 is 0 Å². The lowest BCUT2D eigenvalue weighted by Gasteiger charge is -1.88. The predicted octanol–water partition coefficient (Wildman–Crippen LogP) is 2.45. The minimum atomic E-state index is 0.680. The van der Waals surface area contributed by atoms with E-state index in [0.29, 0.717) is 5.69 Å². The lowest BCUT2D eigenvalue weighted by atomic mass is 10.4. The van der Waals surface area contributed by atoms with E-state index in [9.17, 15) is 0 Å². The van der Waals surface area contributed by atoms with Crippen molar-refractivity contribution in [1.29, 1.82) is 0 Å². The molecular weight excluding hydrogens is 192 g/mol. The molecule has 0 unspecified atom stereocenters. The fourth-order valence-electron chi connectivity index (χ4n) is 0.428. The third-order valence-corrected chi connectivity index (χ3v) is 1.16. The van der Waals surface area contributed by atoms with Crippen LogP contribution in [0.1, 0.15) is 13.8 Å². The summed E-state index contributed by atoms with van der Waals surface area (Å²) in [6, 6.07) is 1.80. The van der Waals surface area contributed by atoms with Gasteiger partial charge < -0.3 is 5.73 Å². The minimum Gasteiger partial charge on any atom is -0.397 e. The minimum absolute atomic E-state index is 0.680. The molecule has 0 aliphatic rings. The van der Waals surface area contributed by atoms with Gasteiger partial charge in [-0.05, 0) is 22.0 Å². The second-order valence-electron chi connectivity index (χ2n) is 1.44. The number of hydrogen-bond acceptors (Lipinski definition) is 2. The summed E-state index contributed by atoms with van der Waals surface area (Å²) < 4.78 is 0.914. The number of pyridine rings is 1. The smallest absolute Gasteiger partial charge is 0.0511 e. The van der Waals surface area contributed by atoms with Crippen LogP contribution in [-0.2, 0) is 0 Å². The van der Waals surface area contributed by atoms with Crippen molar-refractivity contribution in [3.8, 4) is 0 Å². The quantitative estimate of drug-likeness (QED) is 0.703. The molecule has 0 radical (unpaired) electrons. The van der Waals surface area contributed by atoms with Crippen LogP contribution in [0.25, 0.3) is 0 Å². The van der Waals surface area contributed by atoms with Crippen LogP contribution in [0.2, 0.25) is 0 Å². The molecule has 2 N–H and O–H groups in total. The molecule has 3 heteroatoms. The summed E-state index contributed by atoms with van der Waals surface area (Å²) in [6.07, 6.45) is 3.29. The fourth-order valence-corrected chi connectivity index (χ4v) is 0.811. The van der Waals surface area contributed by atoms with Crippen LogP contribution in [0, 0.1) is 0 Å². The Morgan fingerprint density at radius 3 is 2.30 bits per heavy atom. The molecule has 0 saturated heterocycles. The Hall–Kier alpha value is -0.570. The maximum Gasteiger partial charge on any atom is 0.0511 e. The average molecular weight is 203 g/mol. The zero-order valence-corrected chi connectivity index (χ0v) is 7.72. The van der Waals surface area contributed by atoms with E-state index in [4.69, 9.17) is 5.73 Å². The van der Waals surface area contributed by atoms with Gasteiger partial charge in [-0.25, -0.2) is 0 Å². The summed E-state index contributed by atoms with van der Waals surface area (Å²) in [4.78, 5) is 3.81. The molecule has 0 bridgehead atoms. The van der Waals surface area contributed by atoms with Crippen molar-refractivity contribution in [3.63, 3.8) is 0 Å². The maximum atomic E-state index is 5.37. The van der Waals surface area contributed by atoms with Crippen molar-refractivity contribution in [3.05, 3.63) is 22.9 Å². The number of aromatic nitrogens is 1. The Morgan fingerprint density at radius 2 is 2.00 bits per heavy atom. The molecule has 0 aliphatic heterocycles. The molecule has 56 valence electrons. The molecule has 1 aromatic heterocycles. The molecule has 0 saturated carbocycles. The Kier molecular flexibility index (Phi) is 4.94. The first-order valence-electron chi connectivity index (χ1n) is 3.15. The zero-order valence-electron chi connectivity index (χ0n) is 6.13. The van der Waals surface area contributed by atoms with Gasteiger partial charge in [0.1, 0.15) is 0 Å². The molecule has 0 aromatic carbocycles. The van der Waals surface area contributed by atoms with Crippen LogP contribution in [0.15, 0.2) is 22.9 Å². The van der Waals surface area contributed by atoms with Crippen molar-refractivity contribution in [2.24, 2.45) is 0 Å². The monoisotopic (exact) mass is 202 g/mol. The van der Waals surface area contributed by atoms with E-state index in [2.05, 4.69) is 20.9 Å². The van der Waals surface area contributed by atoms with Gasteiger partial charge in [0, 0.05) is 16.9 Å². The highest BCUT2D eigenvalue weighted by Gasteiger charge is 1.84. The first-order valence-corrected chi connectivity index (χ1v) is 3.94. The number of hydrogen-bond donors (Lipinski definition) is 1. The summed E-state index contributed by atoms with van der Waals surface area (Å²) in [5.74, 6) is 0. The van der Waals surface area contributed by atoms with Crippen molar-refractivity contribution >= 4 is 21.6 Å². The topological polar surface area (TPSA) is 38.9 Å². The highest BCUT2D eigenvalue weighted by molar-refractivity contribution is 9.10. The van der Waals surface area contributed by atoms with Gasteiger partial charge in [0.25, 0.3) is 0 Å². The SMILES string of the molecule is CC.Nc1cncc(Br)c1. The number of nitrogen functional groups attached to an aromatic ring is 1. The van der Waals surface area contributed by atoms with E-state index < -0.39 is 0 Å². The molecule has 0 aliphatic carbocycles. The maximum absolute atomic E-state index is 5.37. The van der Waals surface area contributed by atoms with Gasteiger partial charge >= 0.3 is 0 Å². The second kappa shape index (κ2) is 5.23. The standard InChI is InChI=1S/C5H5BrN2.C2H6/c6-4-1-5(7)3-8-2-4;1-2/h1-3H,7H2;1-2H3. The molecule has 0 atom stereocenters. The van der Waals surface area contributed by atoms with E-state index in [1.807, 2.05) is 13.8 Å². The number of nitrogens with two attached hydrogens (primary N) is 1. The lowest BCUT2D eigenvalue weighted by Crippen LogP contribution is -1.83. The van der Waals surface area contributed by atoms with Crippen LogP contribution >= 0.6 is 15.9 Å². The molecule has 1 heterocycles. The summed E-state index contributed by atoms with van der Waals surface area (Å²) in [5.41, 5.74) is 6.05. The van der Waals surface area contributed by atoms with E-state index >= 15 is 0 Å². The van der Waals surface area contributed by atoms with E-state index in [0.717, 1.165) is 4.47 Å². The van der Waals surface area contributed by atoms with Crippen LogP contribution in [0.5, 0.6) is 0 Å². The molecule has 2 nitrogen and oxygen atoms in total. The van der Waals surface area contributed by atoms with E-state index in [1.54, 1.807) is 18.5 Å². The number of rotatable bonds is 0. The van der Waals surface area contributed by atoms with Gasteiger partial charge in [-0.3, -0.25) is 4.98 Å². The second-order valence-corrected chi connectivity index (χ2v) is 2.35. The summed E-state index contributed by atoms with van der Waals surface area (Å²) in [6.45, 7) is 4.00. The average Bonchev–Trinajstić information content (AvgIpc) is 1.91. The first-order chi connectivity index (χ1) is 4.79. The van der Waals surface area contributed by atoms with Gasteiger partial charge in [-0.2, -0.15) is 0 Å². The predicted molar refractivity (Wildman–Crippen MR) is 47.7 cm³/mol. The highest BCUT2D eigenvalue weighted by atomic mass is 79.9. The Morgan fingerprint density at radius 1 is 1.40 bits per heavy atom. The van der Waals surface area contributed by atoms with Gasteiger partial charge in [0.2, 0.25) is 0 Å². The summed E-state index contributed by atoms with van der Waals surface area (Å²) in [5, 5.41) is 0. The van der Waals surface area contributed by atoms with Crippen LogP contribution < -0.4 is 5.73 Å². The number of halogens is 1. The van der Waals surface area contributed by atoms with Gasteiger partial charge in [-0.15, -0.1) is 0 Å². The van der Waals surface area contributed by atoms with E-state index in [1.165, 1.54) is 0 Å². The number of anilines is 1. The van der Waals surface area contributed by atoms with E-state index in [-0.39, 0.29) is 0 Å². The third-order valence-electron chi connectivity index (χ3n) is 0.726. The number of nitrogens with zero attached hydrogens (tertiary/aromatic N) is 1. The largest absolute Gasteiger partial charge is 0.397 e. The molecule has 1 aromatic rings. The molecule has 1 rings (SSSR count). The Bertz CT molecular complexity index is 171. The Balaban J connectivity index is 0.000000371. The summed E-state index contributed by atoms with van der Waals surface area (Å²) >= 11 is 3.22. The van der Waals surface area contributed by atoms with Crippen molar-refractivity contribution in [2.45, 2.75) is 13.8 Å².